The van der Waals surface area contributed by atoms with Gasteiger partial charge in [-0.15, -0.1) is 10.2 Å². The summed E-state index contributed by atoms with van der Waals surface area (Å²) >= 11 is 0. The molecule has 7 heteroatoms. The van der Waals surface area contributed by atoms with Gasteiger partial charge in [-0.05, 0) is 37.1 Å². The highest BCUT2D eigenvalue weighted by Crippen LogP contribution is 2.26. The lowest BCUT2D eigenvalue weighted by molar-refractivity contribution is 0.0788. The predicted molar refractivity (Wildman–Crippen MR) is 85.2 cm³/mol. The van der Waals surface area contributed by atoms with Crippen molar-refractivity contribution in [1.29, 1.82) is 0 Å². The van der Waals surface area contributed by atoms with Crippen LogP contribution in [-0.2, 0) is 0 Å². The van der Waals surface area contributed by atoms with E-state index in [1.165, 1.54) is 6.26 Å². The molecule has 0 saturated heterocycles. The van der Waals surface area contributed by atoms with Gasteiger partial charge in [-0.2, -0.15) is 5.21 Å². The van der Waals surface area contributed by atoms with E-state index in [9.17, 15) is 4.79 Å². The van der Waals surface area contributed by atoms with E-state index in [-0.39, 0.29) is 11.8 Å². The number of likely N-dealkylation sites (N-methyl/N-ethyl adjacent to an activating group) is 1. The number of aryl methyl sites for hydroxylation is 2. The van der Waals surface area contributed by atoms with E-state index < -0.39 is 0 Å². The van der Waals surface area contributed by atoms with Crippen LogP contribution < -0.4 is 0 Å². The van der Waals surface area contributed by atoms with Crippen molar-refractivity contribution in [1.82, 2.24) is 25.5 Å². The zero-order valence-electron chi connectivity index (χ0n) is 13.6. The average Bonchev–Trinajstić information content (AvgIpc) is 3.16. The van der Waals surface area contributed by atoms with E-state index in [1.807, 2.05) is 32.9 Å². The second-order valence-corrected chi connectivity index (χ2v) is 5.94. The van der Waals surface area contributed by atoms with E-state index in [1.54, 1.807) is 11.9 Å². The number of aromatic nitrogens is 4. The quantitative estimate of drug-likeness (QED) is 0.799. The van der Waals surface area contributed by atoms with Gasteiger partial charge in [0.25, 0.3) is 5.91 Å². The lowest BCUT2D eigenvalue weighted by Gasteiger charge is -2.19. The molecule has 3 aromatic rings. The Morgan fingerprint density at radius 1 is 1.35 bits per heavy atom. The van der Waals surface area contributed by atoms with Crippen LogP contribution in [0.15, 0.2) is 22.8 Å². The summed E-state index contributed by atoms with van der Waals surface area (Å²) in [5.41, 5.74) is 3.59. The minimum atomic E-state index is -0.0812. The molecule has 1 N–H and O–H groups in total. The molecular weight excluding hydrogens is 294 g/mol. The molecule has 0 radical (unpaired) electrons. The van der Waals surface area contributed by atoms with Crippen LogP contribution in [0.25, 0.3) is 11.0 Å². The molecule has 1 amide bonds. The van der Waals surface area contributed by atoms with Crippen molar-refractivity contribution in [2.24, 2.45) is 0 Å². The van der Waals surface area contributed by atoms with Gasteiger partial charge in [0.05, 0.1) is 5.56 Å². The highest BCUT2D eigenvalue weighted by molar-refractivity contribution is 6.06. The number of hydrogen-bond acceptors (Lipinski definition) is 5. The number of fused-ring (bicyclic) bond motifs is 1. The van der Waals surface area contributed by atoms with Crippen LogP contribution in [0.5, 0.6) is 0 Å². The normalized spacial score (nSPS) is 12.5. The Labute approximate surface area is 133 Å². The molecule has 1 atom stereocenters. The number of rotatable bonds is 4. The first-order chi connectivity index (χ1) is 11.0. The summed E-state index contributed by atoms with van der Waals surface area (Å²) in [4.78, 5) is 14.4. The van der Waals surface area contributed by atoms with E-state index in [4.69, 9.17) is 4.42 Å². The van der Waals surface area contributed by atoms with Gasteiger partial charge < -0.3 is 9.32 Å². The van der Waals surface area contributed by atoms with Crippen molar-refractivity contribution in [3.63, 3.8) is 0 Å². The number of carbonyl (C=O) groups excluding carboxylic acids is 1. The maximum Gasteiger partial charge on any atom is 0.257 e. The molecule has 0 aliphatic rings. The van der Waals surface area contributed by atoms with Crippen molar-refractivity contribution < 1.29 is 9.21 Å². The number of nitrogens with zero attached hydrogens (tertiary/aromatic N) is 4. The van der Waals surface area contributed by atoms with Crippen LogP contribution in [0.3, 0.4) is 0 Å². The number of H-pyrrole nitrogens is 1. The molecule has 23 heavy (non-hydrogen) atoms. The second kappa shape index (κ2) is 5.83. The minimum Gasteiger partial charge on any atom is -0.463 e. The summed E-state index contributed by atoms with van der Waals surface area (Å²) < 4.78 is 5.55. The van der Waals surface area contributed by atoms with Gasteiger partial charge in [0.15, 0.2) is 5.82 Å². The van der Waals surface area contributed by atoms with Crippen LogP contribution in [0.1, 0.15) is 40.2 Å². The predicted octanol–water partition coefficient (Wildman–Crippen LogP) is 2.44. The monoisotopic (exact) mass is 313 g/mol. The molecule has 2 aromatic heterocycles. The summed E-state index contributed by atoms with van der Waals surface area (Å²) in [6, 6.07) is 3.96. The largest absolute Gasteiger partial charge is 0.463 e. The Hall–Kier alpha value is -2.70. The SMILES string of the molecule is Cc1cc2occ(C(=O)N(C)CC(C)c3nn[nH]n3)c2cc1C. The number of amides is 1. The Bertz CT molecular complexity index is 838. The molecule has 0 saturated carbocycles. The number of aromatic amines is 1. The lowest BCUT2D eigenvalue weighted by Crippen LogP contribution is -2.30. The molecule has 0 fully saturated rings. The fourth-order valence-electron chi connectivity index (χ4n) is 2.61. The van der Waals surface area contributed by atoms with E-state index in [0.29, 0.717) is 17.9 Å². The van der Waals surface area contributed by atoms with Crippen LogP contribution in [0.4, 0.5) is 0 Å². The molecule has 0 bridgehead atoms. The highest BCUT2D eigenvalue weighted by atomic mass is 16.3. The zero-order valence-corrected chi connectivity index (χ0v) is 13.6. The summed E-state index contributed by atoms with van der Waals surface area (Å²) in [6.07, 6.45) is 1.53. The van der Waals surface area contributed by atoms with Gasteiger partial charge in [0, 0.05) is 24.9 Å². The van der Waals surface area contributed by atoms with E-state index in [2.05, 4.69) is 20.6 Å². The number of nitrogens with one attached hydrogen (secondary N) is 1. The fourth-order valence-corrected chi connectivity index (χ4v) is 2.61. The minimum absolute atomic E-state index is 0.00940. The van der Waals surface area contributed by atoms with Gasteiger partial charge in [-0.3, -0.25) is 4.79 Å². The van der Waals surface area contributed by atoms with Gasteiger partial charge in [-0.1, -0.05) is 12.1 Å². The summed E-state index contributed by atoms with van der Waals surface area (Å²) in [6.45, 7) is 6.50. The molecule has 1 unspecified atom stereocenters. The Balaban J connectivity index is 1.84. The molecule has 7 nitrogen and oxygen atoms in total. The number of tetrazole rings is 1. The first-order valence-electron chi connectivity index (χ1n) is 7.44. The number of hydrogen-bond donors (Lipinski definition) is 1. The fraction of sp³-hybridized carbons (Fsp3) is 0.375. The summed E-state index contributed by atoms with van der Waals surface area (Å²) in [7, 11) is 1.76. The van der Waals surface area contributed by atoms with Gasteiger partial charge >= 0.3 is 0 Å². The number of benzene rings is 1. The molecule has 1 aromatic carbocycles. The van der Waals surface area contributed by atoms with Crippen molar-refractivity contribution in [2.45, 2.75) is 26.7 Å². The molecule has 0 aliphatic heterocycles. The van der Waals surface area contributed by atoms with Crippen molar-refractivity contribution in [3.8, 4) is 0 Å². The van der Waals surface area contributed by atoms with Crippen LogP contribution in [-0.4, -0.2) is 45.0 Å². The first kappa shape index (κ1) is 15.2. The maximum absolute atomic E-state index is 12.7. The third-order valence-corrected chi connectivity index (χ3v) is 4.12. The van der Waals surface area contributed by atoms with Gasteiger partial charge in [0.1, 0.15) is 11.8 Å². The Kier molecular flexibility index (Phi) is 3.85. The summed E-state index contributed by atoms with van der Waals surface area (Å²) in [5.74, 6) is 0.500. The van der Waals surface area contributed by atoms with Crippen LogP contribution >= 0.6 is 0 Å². The third-order valence-electron chi connectivity index (χ3n) is 4.12. The molecule has 0 spiro atoms. The summed E-state index contributed by atoms with van der Waals surface area (Å²) in [5, 5.41) is 14.7. The zero-order chi connectivity index (χ0) is 16.6. The van der Waals surface area contributed by atoms with Gasteiger partial charge in [0.2, 0.25) is 0 Å². The topological polar surface area (TPSA) is 87.9 Å². The van der Waals surface area contributed by atoms with Crippen molar-refractivity contribution in [3.05, 3.63) is 40.9 Å². The molecule has 3 rings (SSSR count). The van der Waals surface area contributed by atoms with Crippen LogP contribution in [0.2, 0.25) is 0 Å². The number of carbonyl (C=O) groups is 1. The third kappa shape index (κ3) is 2.81. The average molecular weight is 313 g/mol. The Morgan fingerprint density at radius 2 is 2.09 bits per heavy atom. The van der Waals surface area contributed by atoms with Crippen molar-refractivity contribution in [2.75, 3.05) is 13.6 Å². The van der Waals surface area contributed by atoms with Crippen molar-refractivity contribution >= 4 is 16.9 Å². The first-order valence-corrected chi connectivity index (χ1v) is 7.44. The standard InChI is InChI=1S/C16H19N5O2/c1-9-5-12-13(8-23-14(12)6-10(9)2)16(22)21(4)7-11(3)15-17-19-20-18-15/h5-6,8,11H,7H2,1-4H3,(H,17,18,19,20). The highest BCUT2D eigenvalue weighted by Gasteiger charge is 2.21. The second-order valence-electron chi connectivity index (χ2n) is 5.94. The van der Waals surface area contributed by atoms with Gasteiger partial charge in [-0.25, -0.2) is 0 Å². The molecular formula is C16H19N5O2. The number of furan rings is 1. The molecule has 120 valence electrons. The van der Waals surface area contributed by atoms with E-state index in [0.717, 1.165) is 22.1 Å². The molecule has 0 aliphatic carbocycles. The molecule has 2 heterocycles. The maximum atomic E-state index is 12.7. The lowest BCUT2D eigenvalue weighted by atomic mass is 10.0. The van der Waals surface area contributed by atoms with E-state index >= 15 is 0 Å². The van der Waals surface area contributed by atoms with Crippen LogP contribution in [0, 0.1) is 13.8 Å². The Morgan fingerprint density at radius 3 is 2.78 bits per heavy atom. The smallest absolute Gasteiger partial charge is 0.257 e.